The van der Waals surface area contributed by atoms with Crippen LogP contribution >= 0.6 is 0 Å². The minimum Gasteiger partial charge on any atom is -0.457 e. The first-order chi connectivity index (χ1) is 39.5. The Bertz CT molecular complexity index is 4250. The zero-order chi connectivity index (χ0) is 52.4. The smallest absolute Gasteiger partial charge is 0.137 e. The van der Waals surface area contributed by atoms with Gasteiger partial charge in [-0.3, -0.25) is 4.57 Å². The van der Waals surface area contributed by atoms with Crippen molar-refractivity contribution in [3.63, 3.8) is 0 Å². The number of ether oxygens (including phenoxy) is 1. The summed E-state index contributed by atoms with van der Waals surface area (Å²) < 4.78 is 9.32. The van der Waals surface area contributed by atoms with E-state index in [4.69, 9.17) is 9.72 Å². The van der Waals surface area contributed by atoms with E-state index in [2.05, 4.69) is 246 Å². The van der Waals surface area contributed by atoms with Gasteiger partial charge in [0.05, 0.1) is 29.1 Å². The maximum Gasteiger partial charge on any atom is 0.137 e. The van der Waals surface area contributed by atoms with Gasteiger partial charge in [0, 0.05) is 58.1 Å². The van der Waals surface area contributed by atoms with E-state index in [0.29, 0.717) is 12.1 Å². The van der Waals surface area contributed by atoms with Crippen LogP contribution in [0.3, 0.4) is 0 Å². The molecule has 11 aliphatic rings. The van der Waals surface area contributed by atoms with E-state index in [9.17, 15) is 0 Å². The number of anilines is 3. The number of benzene rings is 9. The lowest BCUT2D eigenvalue weighted by Gasteiger charge is -2.59. The second kappa shape index (κ2) is 16.7. The zero-order valence-corrected chi connectivity index (χ0v) is 45.0. The lowest BCUT2D eigenvalue weighted by atomic mass is 9.48. The number of hydrogen-bond acceptors (Lipinski definition) is 4. The molecule has 0 unspecified atom stereocenters. The third kappa shape index (κ3) is 6.21. The molecule has 80 heavy (non-hydrogen) atoms. The third-order valence-electron chi connectivity index (χ3n) is 20.8. The molecule has 3 heterocycles. The first-order valence-electron chi connectivity index (χ1n) is 29.4. The van der Waals surface area contributed by atoms with Gasteiger partial charge in [0.25, 0.3) is 0 Å². The first-order valence-corrected chi connectivity index (χ1v) is 29.4. The number of hydrogen-bond donors (Lipinski definition) is 0. The molecule has 9 aromatic carbocycles. The Kier molecular flexibility index (Phi) is 9.43. The Morgan fingerprint density at radius 2 is 1.06 bits per heavy atom. The van der Waals surface area contributed by atoms with Crippen LogP contribution in [0.25, 0.3) is 38.8 Å². The molecule has 0 N–H and O–H groups in total. The Balaban J connectivity index is 0.707. The van der Waals surface area contributed by atoms with Crippen LogP contribution in [0, 0.1) is 24.7 Å². The molecule has 0 atom stereocenters. The molecule has 5 nitrogen and oxygen atoms in total. The third-order valence-corrected chi connectivity index (χ3v) is 20.8. The van der Waals surface area contributed by atoms with Crippen LogP contribution in [0.2, 0.25) is 0 Å². The van der Waals surface area contributed by atoms with E-state index in [0.717, 1.165) is 51.8 Å². The number of aryl methyl sites for hydroxylation is 1. The highest BCUT2D eigenvalue weighted by molar-refractivity contribution is 6.09. The summed E-state index contributed by atoms with van der Waals surface area (Å²) in [5.74, 6) is 5.69. The van der Waals surface area contributed by atoms with Crippen LogP contribution in [0.5, 0.6) is 11.5 Å². The van der Waals surface area contributed by atoms with Gasteiger partial charge in [0.15, 0.2) is 0 Å². The molecular formula is C75H60N4O. The molecule has 8 bridgehead atoms. The summed E-state index contributed by atoms with van der Waals surface area (Å²) >= 11 is 0. The van der Waals surface area contributed by atoms with E-state index in [1.807, 2.05) is 0 Å². The number of aromatic nitrogens is 2. The fourth-order valence-corrected chi connectivity index (χ4v) is 18.2. The van der Waals surface area contributed by atoms with Gasteiger partial charge < -0.3 is 14.5 Å². The second-order valence-corrected chi connectivity index (χ2v) is 24.8. The van der Waals surface area contributed by atoms with E-state index < -0.39 is 5.54 Å². The van der Waals surface area contributed by atoms with E-state index in [1.165, 1.54) is 122 Å². The van der Waals surface area contributed by atoms with Gasteiger partial charge in [-0.1, -0.05) is 158 Å². The van der Waals surface area contributed by atoms with Crippen molar-refractivity contribution in [3.8, 4) is 28.4 Å². The topological polar surface area (TPSA) is 33.5 Å². The Morgan fingerprint density at radius 3 is 1.75 bits per heavy atom. The highest BCUT2D eigenvalue weighted by atomic mass is 16.5. The number of pyridine rings is 1. The molecule has 386 valence electrons. The molecule has 4 saturated carbocycles. The summed E-state index contributed by atoms with van der Waals surface area (Å²) in [6.07, 6.45) is 10.7. The van der Waals surface area contributed by atoms with Crippen LogP contribution in [-0.4, -0.2) is 16.2 Å². The van der Waals surface area contributed by atoms with Crippen molar-refractivity contribution in [1.82, 2.24) is 9.55 Å². The summed E-state index contributed by atoms with van der Waals surface area (Å²) in [7, 11) is 0. The SMILES string of the molecule is Cc1cc(-n2c3ccccc3c3ccc(Oc4cccc(N5CN(C67c8ccccc8C(c8ccccc86)C6c8ccccc8C7c7ccccc76)c6ccccc65)c4)cc32)ncc1-c1ccc(C23CC4CC(CC(C4)C2)C3)cc1. The first kappa shape index (κ1) is 45.2. The Hall–Kier alpha value is -8.67. The average Bonchev–Trinajstić information content (AvgIpc) is 2.92. The summed E-state index contributed by atoms with van der Waals surface area (Å²) in [6.45, 7) is 2.88. The van der Waals surface area contributed by atoms with Gasteiger partial charge in [0.2, 0.25) is 0 Å². The van der Waals surface area contributed by atoms with Gasteiger partial charge >= 0.3 is 0 Å². The maximum absolute atomic E-state index is 7.01. The standard InChI is InChI=1S/C75H60N4O/c1-46-35-70(76-44-63(46)50-29-31-51(32-30-50)74-41-47-36-48(42-74)38-49(37-47)43-74)79-66-26-11-8-17-55(66)56-34-33-54(40-69(56)79)80-53-16-14-15-52(39-53)77-45-78(68-28-13-12-27-67(68)77)75-64-24-9-6-22-61(64)72(62-23-7-10-25-65(62)75)71-57-18-2-4-20-59(57)73(75)60-21-5-3-19-58(60)71/h2-35,39-40,44,47-49,71-73H,36-38,41-43,45H2,1H3. The van der Waals surface area contributed by atoms with E-state index in [1.54, 1.807) is 5.56 Å². The van der Waals surface area contributed by atoms with Gasteiger partial charge in [0.1, 0.15) is 22.9 Å². The predicted octanol–water partition coefficient (Wildman–Crippen LogP) is 18.0. The van der Waals surface area contributed by atoms with Gasteiger partial charge in [-0.15, -0.1) is 0 Å². The van der Waals surface area contributed by atoms with Crippen molar-refractivity contribution >= 4 is 38.9 Å². The lowest BCUT2D eigenvalue weighted by Crippen LogP contribution is -2.57. The highest BCUT2D eigenvalue weighted by Crippen LogP contribution is 2.69. The van der Waals surface area contributed by atoms with Gasteiger partial charge in [-0.25, -0.2) is 4.98 Å². The monoisotopic (exact) mass is 1030 g/mol. The predicted molar refractivity (Wildman–Crippen MR) is 323 cm³/mol. The molecule has 0 radical (unpaired) electrons. The van der Waals surface area contributed by atoms with Crippen LogP contribution in [0.4, 0.5) is 17.1 Å². The average molecular weight is 1030 g/mol. The van der Waals surface area contributed by atoms with Gasteiger partial charge in [-0.05, 0) is 178 Å². The number of nitrogens with zero attached hydrogens (tertiary/aromatic N) is 4. The summed E-state index contributed by atoms with van der Waals surface area (Å²) in [5.41, 5.74) is 22.2. The molecule has 0 spiro atoms. The van der Waals surface area contributed by atoms with Crippen LogP contribution in [0.1, 0.15) is 112 Å². The van der Waals surface area contributed by atoms with Crippen molar-refractivity contribution in [2.75, 3.05) is 16.5 Å². The van der Waals surface area contributed by atoms with Gasteiger partial charge in [-0.2, -0.15) is 0 Å². The van der Waals surface area contributed by atoms with Crippen molar-refractivity contribution in [1.29, 1.82) is 0 Å². The molecular weight excluding hydrogens is 973 g/mol. The normalized spacial score (nSPS) is 25.0. The van der Waals surface area contributed by atoms with E-state index in [-0.39, 0.29) is 17.8 Å². The highest BCUT2D eigenvalue weighted by Gasteiger charge is 2.61. The minimum atomic E-state index is -0.582. The second-order valence-electron chi connectivity index (χ2n) is 24.8. The van der Waals surface area contributed by atoms with Crippen LogP contribution in [-0.2, 0) is 11.0 Å². The van der Waals surface area contributed by atoms with Crippen molar-refractivity contribution in [2.24, 2.45) is 17.8 Å². The number of para-hydroxylation sites is 3. The molecule has 2 aromatic heterocycles. The molecule has 4 fully saturated rings. The van der Waals surface area contributed by atoms with Crippen molar-refractivity contribution < 1.29 is 4.74 Å². The fraction of sp³-hybridized carbons (Fsp3) is 0.213. The molecule has 22 rings (SSSR count). The van der Waals surface area contributed by atoms with Crippen molar-refractivity contribution in [3.05, 3.63) is 280 Å². The maximum atomic E-state index is 7.01. The summed E-state index contributed by atoms with van der Waals surface area (Å²) in [4.78, 5) is 10.5. The quantitative estimate of drug-likeness (QED) is 0.159. The molecule has 5 heteroatoms. The number of rotatable bonds is 7. The van der Waals surface area contributed by atoms with Crippen LogP contribution in [0.15, 0.2) is 225 Å². The molecule has 0 amide bonds. The summed E-state index contributed by atoms with van der Waals surface area (Å²) in [6, 6.07) is 82.6. The zero-order valence-electron chi connectivity index (χ0n) is 45.0. The Labute approximate surface area is 467 Å². The Morgan fingerprint density at radius 1 is 0.487 bits per heavy atom. The largest absolute Gasteiger partial charge is 0.457 e. The molecule has 0 saturated heterocycles. The molecule has 11 aromatic rings. The summed E-state index contributed by atoms with van der Waals surface area (Å²) in [5, 5.41) is 2.36. The lowest BCUT2D eigenvalue weighted by molar-refractivity contribution is -0.00518. The van der Waals surface area contributed by atoms with Crippen LogP contribution < -0.4 is 14.5 Å². The van der Waals surface area contributed by atoms with E-state index >= 15 is 0 Å². The van der Waals surface area contributed by atoms with Crippen molar-refractivity contribution in [2.45, 2.75) is 74.2 Å². The minimum absolute atomic E-state index is 0.0212. The number of fused-ring (bicyclic) bond motifs is 4. The molecule has 10 aliphatic carbocycles. The molecule has 1 aliphatic heterocycles. The fourth-order valence-electron chi connectivity index (χ4n) is 18.2.